The normalized spacial score (nSPS) is 33.2. The second kappa shape index (κ2) is 17.3. The second-order valence-electron chi connectivity index (χ2n) is 14.2. The molecular weight excluding hydrogens is 691 g/mol. The van der Waals surface area contributed by atoms with E-state index in [0.717, 1.165) is 42.7 Å². The van der Waals surface area contributed by atoms with Gasteiger partial charge in [-0.25, -0.2) is 0 Å². The Hall–Kier alpha value is -0.292. The zero-order valence-electron chi connectivity index (χ0n) is 26.6. The van der Waals surface area contributed by atoms with E-state index in [1.54, 1.807) is 5.57 Å². The fourth-order valence-corrected chi connectivity index (χ4v) is 8.04. The summed E-state index contributed by atoms with van der Waals surface area (Å²) in [5.41, 5.74) is 3.75. The van der Waals surface area contributed by atoms with Crippen LogP contribution in [0, 0.1) is 42.4 Å². The van der Waals surface area contributed by atoms with Crippen LogP contribution in [0.2, 0.25) is 0 Å². The summed E-state index contributed by atoms with van der Waals surface area (Å²) in [7, 11) is 0. The van der Waals surface area contributed by atoms with Crippen molar-refractivity contribution in [3.63, 3.8) is 0 Å². The van der Waals surface area contributed by atoms with Crippen molar-refractivity contribution in [3.8, 4) is 0 Å². The molecule has 6 atom stereocenters. The minimum Gasteiger partial charge on any atom is -0.693 e. The molecule has 6 heteroatoms. The Labute approximate surface area is 267 Å². The fraction of sp³-hybridized carbons (Fsp3) is 0.771. The summed E-state index contributed by atoms with van der Waals surface area (Å²) >= 11 is 0. The topological polar surface area (TPSA) is 128 Å². The van der Waals surface area contributed by atoms with Crippen molar-refractivity contribution < 1.29 is 36.4 Å². The molecule has 240 valence electrons. The van der Waals surface area contributed by atoms with Crippen molar-refractivity contribution in [2.45, 2.75) is 142 Å². The monoisotopic (exact) mass is 753 g/mol. The molecule has 7 N–H and O–H groups in total. The smallest absolute Gasteiger partial charge is 0.693 e. The Morgan fingerprint density at radius 1 is 1.05 bits per heavy atom. The van der Waals surface area contributed by atoms with Crippen molar-refractivity contribution in [3.05, 3.63) is 61.6 Å². The van der Waals surface area contributed by atoms with Crippen LogP contribution in [-0.2, 0) is 21.1 Å². The molecule has 0 spiro atoms. The average molecular weight is 754 g/mol. The van der Waals surface area contributed by atoms with Gasteiger partial charge in [0.2, 0.25) is 0 Å². The van der Waals surface area contributed by atoms with Gasteiger partial charge in [0.05, 0.1) is 17.8 Å². The summed E-state index contributed by atoms with van der Waals surface area (Å²) in [6.07, 6.45) is 20.2. The molecule has 0 aromatic heterocycles. The third-order valence-electron chi connectivity index (χ3n) is 10.9. The molecule has 0 aliphatic heterocycles. The Bertz CT molecular complexity index is 846. The number of aliphatic hydroxyl groups excluding tert-OH is 2. The van der Waals surface area contributed by atoms with Gasteiger partial charge < -0.3 is 41.5 Å². The van der Waals surface area contributed by atoms with Crippen molar-refractivity contribution >= 4 is 0 Å². The molecule has 4 saturated carbocycles. The number of aliphatic hydroxyl groups is 3. The standard InChI is InChI=1S/C27H44O3.C8H14.2H2N.Pt/c1-18(8-6-14-26(3,4)30)23-12-13-24-20(9-7-15-27(23,24)5)10-11-21-16-22(28)17-25(29)19(21)2;1-3-8(4-2)6-5-7-8;;;/h10-11,18,22-25,28-30H,2,6-9,12-17H2,1,3-5H3;1-7H2;2*1H2;/q;-2;2*-1;+4/b20-10+,21-11-;;;;/t18-,22-,23-,24+,25+,27-;;;;/m1..../s1. The van der Waals surface area contributed by atoms with Gasteiger partial charge in [0.25, 0.3) is 0 Å². The van der Waals surface area contributed by atoms with E-state index in [1.165, 1.54) is 57.8 Å². The third kappa shape index (κ3) is 10.4. The summed E-state index contributed by atoms with van der Waals surface area (Å²) in [5.74, 6) is 2.11. The van der Waals surface area contributed by atoms with Crippen LogP contribution in [0.5, 0.6) is 0 Å². The Morgan fingerprint density at radius 2 is 1.68 bits per heavy atom. The zero-order valence-corrected chi connectivity index (χ0v) is 28.9. The Morgan fingerprint density at radius 3 is 2.20 bits per heavy atom. The molecule has 0 bridgehead atoms. The molecule has 0 heterocycles. The Balaban J connectivity index is 0.00000126. The van der Waals surface area contributed by atoms with Crippen molar-refractivity contribution in [1.82, 2.24) is 0 Å². The molecule has 0 radical (unpaired) electrons. The molecule has 5 nitrogen and oxygen atoms in total. The maximum atomic E-state index is 10.1. The van der Waals surface area contributed by atoms with Gasteiger partial charge in [-0.3, -0.25) is 0 Å². The van der Waals surface area contributed by atoms with Crippen LogP contribution in [0.3, 0.4) is 0 Å². The Kier molecular flexibility index (Phi) is 17.1. The number of nitrogens with two attached hydrogens (primary N) is 2. The van der Waals surface area contributed by atoms with Crippen molar-refractivity contribution in [1.29, 1.82) is 0 Å². The minimum absolute atomic E-state index is 0. The van der Waals surface area contributed by atoms with Crippen molar-refractivity contribution in [2.75, 3.05) is 0 Å². The van der Waals surface area contributed by atoms with Crippen LogP contribution >= 0.6 is 0 Å². The van der Waals surface area contributed by atoms with Crippen LogP contribution in [0.15, 0.2) is 35.5 Å². The molecule has 4 fully saturated rings. The fourth-order valence-electron chi connectivity index (χ4n) is 8.04. The van der Waals surface area contributed by atoms with Crippen LogP contribution in [0.25, 0.3) is 12.3 Å². The SMILES string of the molecule is C=C1/C(=C\C=C2/CCC[C@]3(C)[C@@H]([C@H](C)CCCC(C)(C)O)CC[C@@H]23)C[C@@H](O)C[C@@H]1O.[CH2-]CC1(C[CH2-])CCC1.[NH2-].[NH2-].[Pt+4]. The summed E-state index contributed by atoms with van der Waals surface area (Å²) in [5, 5.41) is 30.2. The number of fused-ring (bicyclic) bond motifs is 1. The van der Waals surface area contributed by atoms with Gasteiger partial charge in [-0.15, -0.1) is 0 Å². The maximum absolute atomic E-state index is 10.1. The van der Waals surface area contributed by atoms with E-state index in [9.17, 15) is 15.3 Å². The molecule has 0 aromatic carbocycles. The third-order valence-corrected chi connectivity index (χ3v) is 10.9. The van der Waals surface area contributed by atoms with E-state index < -0.39 is 17.8 Å². The first-order valence-corrected chi connectivity index (χ1v) is 15.6. The number of allylic oxidation sites excluding steroid dienone is 3. The molecule has 0 saturated heterocycles. The summed E-state index contributed by atoms with van der Waals surface area (Å²) in [6.45, 7) is 20.7. The van der Waals surface area contributed by atoms with E-state index in [2.05, 4.69) is 46.4 Å². The largest absolute Gasteiger partial charge is 4.00 e. The van der Waals surface area contributed by atoms with E-state index in [4.69, 9.17) is 0 Å². The first-order chi connectivity index (χ1) is 17.8. The molecule has 0 amide bonds. The predicted molar refractivity (Wildman–Crippen MR) is 171 cm³/mol. The maximum Gasteiger partial charge on any atom is 4.00 e. The van der Waals surface area contributed by atoms with E-state index in [-0.39, 0.29) is 33.4 Å². The number of hydrogen-bond acceptors (Lipinski definition) is 3. The summed E-state index contributed by atoms with van der Waals surface area (Å²) in [6, 6.07) is 0. The van der Waals surface area contributed by atoms with E-state index in [0.29, 0.717) is 35.5 Å². The predicted octanol–water partition coefficient (Wildman–Crippen LogP) is 9.74. The van der Waals surface area contributed by atoms with Crippen LogP contribution in [0.1, 0.15) is 124 Å². The molecular formula is C35H62N2O3Pt. The summed E-state index contributed by atoms with van der Waals surface area (Å²) < 4.78 is 0. The molecule has 4 aliphatic carbocycles. The van der Waals surface area contributed by atoms with Gasteiger partial charge >= 0.3 is 21.1 Å². The zero-order chi connectivity index (χ0) is 28.1. The van der Waals surface area contributed by atoms with Gasteiger partial charge in [0.15, 0.2) is 0 Å². The van der Waals surface area contributed by atoms with Crippen LogP contribution < -0.4 is 0 Å². The van der Waals surface area contributed by atoms with Gasteiger partial charge in [-0.05, 0) is 93.1 Å². The minimum atomic E-state index is -0.615. The number of hydrogen-bond donors (Lipinski definition) is 3. The van der Waals surface area contributed by atoms with E-state index >= 15 is 0 Å². The van der Waals surface area contributed by atoms with Gasteiger partial charge in [-0.1, -0.05) is 75.7 Å². The van der Waals surface area contributed by atoms with Gasteiger partial charge in [0, 0.05) is 6.42 Å². The second-order valence-corrected chi connectivity index (χ2v) is 14.2. The number of rotatable bonds is 8. The summed E-state index contributed by atoms with van der Waals surface area (Å²) in [4.78, 5) is 0. The molecule has 0 aromatic rings. The molecule has 4 rings (SSSR count). The first-order valence-electron chi connectivity index (χ1n) is 15.6. The van der Waals surface area contributed by atoms with Crippen LogP contribution in [0.4, 0.5) is 0 Å². The van der Waals surface area contributed by atoms with Crippen LogP contribution in [-0.4, -0.2) is 33.1 Å². The van der Waals surface area contributed by atoms with E-state index in [1.807, 2.05) is 13.8 Å². The first kappa shape index (κ1) is 40.7. The molecule has 0 unspecified atom stereocenters. The van der Waals surface area contributed by atoms with Crippen molar-refractivity contribution in [2.24, 2.45) is 28.6 Å². The van der Waals surface area contributed by atoms with Gasteiger partial charge in [0.1, 0.15) is 0 Å². The quantitative estimate of drug-likeness (QED) is 0.214. The average Bonchev–Trinajstić information content (AvgIpc) is 3.17. The van der Waals surface area contributed by atoms with Gasteiger partial charge in [-0.2, -0.15) is 12.8 Å². The molecule has 41 heavy (non-hydrogen) atoms. The molecule has 4 aliphatic rings.